The molecule has 1 aromatic rings. The van der Waals surface area contributed by atoms with Crippen LogP contribution in [0.3, 0.4) is 0 Å². The Kier molecular flexibility index (Phi) is 2.24. The fourth-order valence-electron chi connectivity index (χ4n) is 0.948. The minimum Gasteiger partial charge on any atom is -0.344 e. The zero-order valence-corrected chi connectivity index (χ0v) is 8.18. The maximum Gasteiger partial charge on any atom is 0.111 e. The van der Waals surface area contributed by atoms with Gasteiger partial charge in [0, 0.05) is 17.7 Å². The Balaban J connectivity index is 2.92. The summed E-state index contributed by atoms with van der Waals surface area (Å²) in [5.74, 6) is 0.995. The van der Waals surface area contributed by atoms with E-state index in [2.05, 4.69) is 30.7 Å². The van der Waals surface area contributed by atoms with Crippen molar-refractivity contribution in [3.63, 3.8) is 0 Å². The number of aromatic amines is 1. The Morgan fingerprint density at radius 3 is 2.33 bits per heavy atom. The van der Waals surface area contributed by atoms with Crippen molar-refractivity contribution in [1.82, 2.24) is 9.97 Å². The standard InChI is InChI=1S/C9H17N3/c1-6(10)7-5-11-8(12-7)9(2,3)4/h5-6H,10H2,1-4H3,(H,11,12). The number of nitrogens with two attached hydrogens (primary N) is 1. The van der Waals surface area contributed by atoms with Crippen LogP contribution in [0.25, 0.3) is 0 Å². The fraction of sp³-hybridized carbons (Fsp3) is 0.667. The van der Waals surface area contributed by atoms with Crippen LogP contribution in [-0.4, -0.2) is 9.97 Å². The van der Waals surface area contributed by atoms with Gasteiger partial charge < -0.3 is 10.7 Å². The first kappa shape index (κ1) is 9.26. The van der Waals surface area contributed by atoms with Crippen LogP contribution in [0.5, 0.6) is 0 Å². The third-order valence-electron chi connectivity index (χ3n) is 1.80. The summed E-state index contributed by atoms with van der Waals surface area (Å²) in [7, 11) is 0. The molecule has 1 unspecified atom stereocenters. The van der Waals surface area contributed by atoms with Gasteiger partial charge in [0.25, 0.3) is 0 Å². The number of hydrogen-bond donors (Lipinski definition) is 2. The molecule has 1 aromatic heterocycles. The van der Waals surface area contributed by atoms with Gasteiger partial charge in [0.1, 0.15) is 5.82 Å². The first-order valence-electron chi connectivity index (χ1n) is 4.22. The lowest BCUT2D eigenvalue weighted by molar-refractivity contribution is 0.550. The second-order valence-corrected chi connectivity index (χ2v) is 4.23. The first-order valence-corrected chi connectivity index (χ1v) is 4.22. The summed E-state index contributed by atoms with van der Waals surface area (Å²) in [5, 5.41) is 0. The van der Waals surface area contributed by atoms with Crippen LogP contribution in [0.4, 0.5) is 0 Å². The number of nitrogens with one attached hydrogen (secondary N) is 1. The molecule has 0 radical (unpaired) electrons. The Morgan fingerprint density at radius 1 is 1.50 bits per heavy atom. The second-order valence-electron chi connectivity index (χ2n) is 4.23. The van der Waals surface area contributed by atoms with E-state index >= 15 is 0 Å². The molecule has 68 valence electrons. The lowest BCUT2D eigenvalue weighted by Gasteiger charge is -2.14. The van der Waals surface area contributed by atoms with Gasteiger partial charge in [-0.3, -0.25) is 0 Å². The number of nitrogens with zero attached hydrogens (tertiary/aromatic N) is 1. The van der Waals surface area contributed by atoms with E-state index < -0.39 is 0 Å². The third-order valence-corrected chi connectivity index (χ3v) is 1.80. The fourth-order valence-corrected chi connectivity index (χ4v) is 0.948. The van der Waals surface area contributed by atoms with Gasteiger partial charge in [-0.2, -0.15) is 0 Å². The van der Waals surface area contributed by atoms with Crippen molar-refractivity contribution in [1.29, 1.82) is 0 Å². The summed E-state index contributed by atoms with van der Waals surface area (Å²) in [6.45, 7) is 8.31. The maximum atomic E-state index is 5.70. The highest BCUT2D eigenvalue weighted by Crippen LogP contribution is 2.19. The number of imidazole rings is 1. The summed E-state index contributed by atoms with van der Waals surface area (Å²) in [6.07, 6.45) is 1.81. The Labute approximate surface area is 73.4 Å². The van der Waals surface area contributed by atoms with E-state index in [1.54, 1.807) is 0 Å². The van der Waals surface area contributed by atoms with Crippen LogP contribution in [0.15, 0.2) is 6.20 Å². The number of H-pyrrole nitrogens is 1. The van der Waals surface area contributed by atoms with Crippen LogP contribution in [-0.2, 0) is 5.41 Å². The molecule has 1 atom stereocenters. The predicted molar refractivity (Wildman–Crippen MR) is 49.9 cm³/mol. The van der Waals surface area contributed by atoms with Gasteiger partial charge in [-0.15, -0.1) is 0 Å². The summed E-state index contributed by atoms with van der Waals surface area (Å²) in [6, 6.07) is 0.0357. The minimum absolute atomic E-state index is 0.0357. The van der Waals surface area contributed by atoms with Crippen LogP contribution in [0.2, 0.25) is 0 Å². The average Bonchev–Trinajstić information content (AvgIpc) is 2.30. The summed E-state index contributed by atoms with van der Waals surface area (Å²) in [4.78, 5) is 7.49. The van der Waals surface area contributed by atoms with Crippen LogP contribution < -0.4 is 5.73 Å². The zero-order valence-electron chi connectivity index (χ0n) is 8.18. The van der Waals surface area contributed by atoms with E-state index in [4.69, 9.17) is 5.73 Å². The van der Waals surface area contributed by atoms with Crippen molar-refractivity contribution in [3.8, 4) is 0 Å². The summed E-state index contributed by atoms with van der Waals surface area (Å²) >= 11 is 0. The molecule has 1 rings (SSSR count). The zero-order chi connectivity index (χ0) is 9.35. The SMILES string of the molecule is CC(N)c1cnc(C(C)(C)C)[nH]1. The molecule has 12 heavy (non-hydrogen) atoms. The average molecular weight is 167 g/mol. The molecule has 0 aliphatic heterocycles. The number of hydrogen-bond acceptors (Lipinski definition) is 2. The van der Waals surface area contributed by atoms with Crippen molar-refractivity contribution >= 4 is 0 Å². The minimum atomic E-state index is 0.0357. The largest absolute Gasteiger partial charge is 0.344 e. The van der Waals surface area contributed by atoms with E-state index in [1.807, 2.05) is 13.1 Å². The van der Waals surface area contributed by atoms with Gasteiger partial charge in [-0.05, 0) is 6.92 Å². The molecule has 0 spiro atoms. The molecular weight excluding hydrogens is 150 g/mol. The first-order chi connectivity index (χ1) is 5.41. The van der Waals surface area contributed by atoms with Crippen LogP contribution >= 0.6 is 0 Å². The van der Waals surface area contributed by atoms with Crippen LogP contribution in [0, 0.1) is 0 Å². The molecule has 3 N–H and O–H groups in total. The van der Waals surface area contributed by atoms with Crippen molar-refractivity contribution in [2.75, 3.05) is 0 Å². The highest BCUT2D eigenvalue weighted by molar-refractivity contribution is 5.10. The van der Waals surface area contributed by atoms with Crippen molar-refractivity contribution in [3.05, 3.63) is 17.7 Å². The lowest BCUT2D eigenvalue weighted by atomic mass is 9.96. The van der Waals surface area contributed by atoms with Gasteiger partial charge in [0.05, 0.1) is 5.69 Å². The van der Waals surface area contributed by atoms with Crippen molar-refractivity contribution in [2.24, 2.45) is 5.73 Å². The van der Waals surface area contributed by atoms with Gasteiger partial charge in [-0.1, -0.05) is 20.8 Å². The summed E-state index contributed by atoms with van der Waals surface area (Å²) in [5.41, 5.74) is 6.78. The Hall–Kier alpha value is -0.830. The normalized spacial score (nSPS) is 14.8. The predicted octanol–water partition coefficient (Wildman–Crippen LogP) is 1.73. The van der Waals surface area contributed by atoms with Gasteiger partial charge in [-0.25, -0.2) is 4.98 Å². The molecule has 0 aliphatic carbocycles. The molecule has 0 aromatic carbocycles. The molecule has 0 amide bonds. The highest BCUT2D eigenvalue weighted by atomic mass is 14.9. The monoisotopic (exact) mass is 167 g/mol. The number of rotatable bonds is 1. The molecule has 0 fully saturated rings. The van der Waals surface area contributed by atoms with E-state index in [0.717, 1.165) is 11.5 Å². The lowest BCUT2D eigenvalue weighted by Crippen LogP contribution is -2.14. The van der Waals surface area contributed by atoms with Crippen LogP contribution in [0.1, 0.15) is 45.3 Å². The Bertz CT molecular complexity index is 255. The van der Waals surface area contributed by atoms with Crippen molar-refractivity contribution < 1.29 is 0 Å². The molecule has 1 heterocycles. The molecular formula is C9H17N3. The molecule has 0 aliphatic rings. The quantitative estimate of drug-likeness (QED) is 0.669. The molecule has 0 bridgehead atoms. The molecule has 0 saturated carbocycles. The van der Waals surface area contributed by atoms with E-state index in [-0.39, 0.29) is 11.5 Å². The third kappa shape index (κ3) is 1.85. The molecule has 3 nitrogen and oxygen atoms in total. The second kappa shape index (κ2) is 2.90. The van der Waals surface area contributed by atoms with Gasteiger partial charge >= 0.3 is 0 Å². The highest BCUT2D eigenvalue weighted by Gasteiger charge is 2.17. The summed E-state index contributed by atoms with van der Waals surface area (Å²) < 4.78 is 0. The molecule has 0 saturated heterocycles. The smallest absolute Gasteiger partial charge is 0.111 e. The van der Waals surface area contributed by atoms with E-state index in [1.165, 1.54) is 0 Å². The van der Waals surface area contributed by atoms with E-state index in [0.29, 0.717) is 0 Å². The van der Waals surface area contributed by atoms with Crippen molar-refractivity contribution in [2.45, 2.75) is 39.2 Å². The van der Waals surface area contributed by atoms with E-state index in [9.17, 15) is 0 Å². The Morgan fingerprint density at radius 2 is 2.08 bits per heavy atom. The van der Waals surface area contributed by atoms with Gasteiger partial charge in [0.15, 0.2) is 0 Å². The molecule has 3 heteroatoms. The maximum absolute atomic E-state index is 5.70. The number of aromatic nitrogens is 2. The van der Waals surface area contributed by atoms with Gasteiger partial charge in [0.2, 0.25) is 0 Å². The topological polar surface area (TPSA) is 54.7 Å².